The van der Waals surface area contributed by atoms with Crippen LogP contribution in [0.5, 0.6) is 0 Å². The van der Waals surface area contributed by atoms with Crippen LogP contribution in [-0.4, -0.2) is 28.8 Å². The first-order valence-electron chi connectivity index (χ1n) is 8.12. The molecule has 4 N–H and O–H groups in total. The van der Waals surface area contributed by atoms with Gasteiger partial charge in [0.15, 0.2) is 0 Å². The summed E-state index contributed by atoms with van der Waals surface area (Å²) in [6, 6.07) is 7.08. The summed E-state index contributed by atoms with van der Waals surface area (Å²) in [6.07, 6.45) is 3.70. The molecule has 0 bridgehead atoms. The molecule has 2 rings (SSSR count). The molecule has 6 heteroatoms. The summed E-state index contributed by atoms with van der Waals surface area (Å²) < 4.78 is 0. The van der Waals surface area contributed by atoms with Crippen LogP contribution in [0.1, 0.15) is 50.2 Å². The van der Waals surface area contributed by atoms with E-state index in [1.165, 1.54) is 6.42 Å². The molecule has 1 aliphatic carbocycles. The van der Waals surface area contributed by atoms with Crippen molar-refractivity contribution in [2.24, 2.45) is 5.92 Å². The van der Waals surface area contributed by atoms with Crippen LogP contribution < -0.4 is 10.6 Å². The first-order valence-corrected chi connectivity index (χ1v) is 8.12. The van der Waals surface area contributed by atoms with E-state index < -0.39 is 12.2 Å². The Labute approximate surface area is 135 Å². The SMILES string of the molecule is O=C(O)NCCC(O)c1cccc(NC(=O)C2CCCCC2)c1. The lowest BCUT2D eigenvalue weighted by Crippen LogP contribution is -2.25. The van der Waals surface area contributed by atoms with E-state index in [1.54, 1.807) is 24.3 Å². The molecule has 1 saturated carbocycles. The fraction of sp³-hybridized carbons (Fsp3) is 0.529. The molecule has 1 aromatic rings. The number of anilines is 1. The number of carbonyl (C=O) groups excluding carboxylic acids is 1. The molecule has 0 heterocycles. The Balaban J connectivity index is 1.90. The Morgan fingerprint density at radius 1 is 1.22 bits per heavy atom. The van der Waals surface area contributed by atoms with Crippen LogP contribution in [-0.2, 0) is 4.79 Å². The van der Waals surface area contributed by atoms with Crippen molar-refractivity contribution >= 4 is 17.7 Å². The molecular weight excluding hydrogens is 296 g/mol. The van der Waals surface area contributed by atoms with Crippen molar-refractivity contribution in [1.29, 1.82) is 0 Å². The highest BCUT2D eigenvalue weighted by molar-refractivity contribution is 5.92. The van der Waals surface area contributed by atoms with Gasteiger partial charge in [-0.15, -0.1) is 0 Å². The molecular formula is C17H24N2O4. The molecule has 0 saturated heterocycles. The van der Waals surface area contributed by atoms with Gasteiger partial charge < -0.3 is 20.8 Å². The summed E-state index contributed by atoms with van der Waals surface area (Å²) in [5.74, 6) is 0.126. The zero-order chi connectivity index (χ0) is 16.7. The van der Waals surface area contributed by atoms with Crippen LogP contribution in [0, 0.1) is 5.92 Å². The number of nitrogens with one attached hydrogen (secondary N) is 2. The molecule has 126 valence electrons. The van der Waals surface area contributed by atoms with Crippen molar-refractivity contribution in [3.8, 4) is 0 Å². The van der Waals surface area contributed by atoms with E-state index in [-0.39, 0.29) is 24.8 Å². The lowest BCUT2D eigenvalue weighted by molar-refractivity contribution is -0.120. The van der Waals surface area contributed by atoms with Gasteiger partial charge in [-0.2, -0.15) is 0 Å². The molecule has 0 radical (unpaired) electrons. The minimum atomic E-state index is -1.11. The third kappa shape index (κ3) is 5.56. The van der Waals surface area contributed by atoms with Crippen LogP contribution in [0.2, 0.25) is 0 Å². The molecule has 2 amide bonds. The van der Waals surface area contributed by atoms with Gasteiger partial charge in [-0.25, -0.2) is 4.79 Å². The van der Waals surface area contributed by atoms with Crippen molar-refractivity contribution < 1.29 is 19.8 Å². The topological polar surface area (TPSA) is 98.7 Å². The number of hydrogen-bond donors (Lipinski definition) is 4. The lowest BCUT2D eigenvalue weighted by atomic mass is 9.88. The molecule has 1 aliphatic rings. The molecule has 1 aromatic carbocycles. The van der Waals surface area contributed by atoms with E-state index in [0.29, 0.717) is 11.3 Å². The maximum absolute atomic E-state index is 12.2. The number of hydrogen-bond acceptors (Lipinski definition) is 3. The number of amides is 2. The Bertz CT molecular complexity index is 541. The monoisotopic (exact) mass is 320 g/mol. The maximum atomic E-state index is 12.2. The van der Waals surface area contributed by atoms with E-state index in [0.717, 1.165) is 25.7 Å². The highest BCUT2D eigenvalue weighted by atomic mass is 16.4. The number of benzene rings is 1. The molecule has 1 unspecified atom stereocenters. The van der Waals surface area contributed by atoms with Crippen LogP contribution in [0.4, 0.5) is 10.5 Å². The lowest BCUT2D eigenvalue weighted by Gasteiger charge is -2.21. The van der Waals surface area contributed by atoms with Crippen LogP contribution >= 0.6 is 0 Å². The summed E-state index contributed by atoms with van der Waals surface area (Å²) in [4.78, 5) is 22.6. The van der Waals surface area contributed by atoms with E-state index in [4.69, 9.17) is 5.11 Å². The van der Waals surface area contributed by atoms with E-state index >= 15 is 0 Å². The molecule has 1 atom stereocenters. The van der Waals surface area contributed by atoms with Crippen molar-refractivity contribution in [2.45, 2.75) is 44.6 Å². The van der Waals surface area contributed by atoms with E-state index in [1.807, 2.05) is 0 Å². The predicted molar refractivity (Wildman–Crippen MR) is 87.3 cm³/mol. The quantitative estimate of drug-likeness (QED) is 0.647. The first kappa shape index (κ1) is 17.3. The van der Waals surface area contributed by atoms with Crippen molar-refractivity contribution in [3.05, 3.63) is 29.8 Å². The first-order chi connectivity index (χ1) is 11.1. The van der Waals surface area contributed by atoms with Gasteiger partial charge >= 0.3 is 6.09 Å². The summed E-state index contributed by atoms with van der Waals surface area (Å²) in [7, 11) is 0. The average molecular weight is 320 g/mol. The van der Waals surface area contributed by atoms with Gasteiger partial charge in [-0.1, -0.05) is 31.4 Å². The highest BCUT2D eigenvalue weighted by Gasteiger charge is 2.21. The molecule has 0 spiro atoms. The number of rotatable bonds is 6. The number of carbonyl (C=O) groups is 2. The van der Waals surface area contributed by atoms with Gasteiger partial charge in [0.05, 0.1) is 6.10 Å². The highest BCUT2D eigenvalue weighted by Crippen LogP contribution is 2.26. The van der Waals surface area contributed by atoms with Crippen molar-refractivity contribution in [3.63, 3.8) is 0 Å². The second kappa shape index (κ2) is 8.53. The number of aliphatic hydroxyl groups excluding tert-OH is 1. The fourth-order valence-electron chi connectivity index (χ4n) is 2.92. The van der Waals surface area contributed by atoms with Gasteiger partial charge in [0.2, 0.25) is 5.91 Å². The zero-order valence-electron chi connectivity index (χ0n) is 13.1. The minimum absolute atomic E-state index is 0.0453. The van der Waals surface area contributed by atoms with Crippen molar-refractivity contribution in [1.82, 2.24) is 5.32 Å². The van der Waals surface area contributed by atoms with Crippen LogP contribution in [0.3, 0.4) is 0 Å². The zero-order valence-corrected chi connectivity index (χ0v) is 13.1. The molecule has 1 fully saturated rings. The predicted octanol–water partition coefficient (Wildman–Crippen LogP) is 2.90. The molecule has 6 nitrogen and oxygen atoms in total. The summed E-state index contributed by atoms with van der Waals surface area (Å²) in [5, 5.41) is 23.8. The number of carboxylic acid groups (broad SMARTS) is 1. The normalized spacial score (nSPS) is 16.6. The van der Waals surface area contributed by atoms with Gasteiger partial charge in [-0.05, 0) is 37.0 Å². The standard InChI is InChI=1S/C17H24N2O4/c20-15(9-10-18-17(22)23)13-7-4-8-14(11-13)19-16(21)12-5-2-1-3-6-12/h4,7-8,11-12,15,18,20H,1-3,5-6,9-10H2,(H,19,21)(H,22,23). The van der Waals surface area contributed by atoms with Gasteiger partial charge in [0.1, 0.15) is 0 Å². The largest absolute Gasteiger partial charge is 0.465 e. The summed E-state index contributed by atoms with van der Waals surface area (Å²) in [6.45, 7) is 0.176. The molecule has 0 aliphatic heterocycles. The van der Waals surface area contributed by atoms with E-state index in [9.17, 15) is 14.7 Å². The number of aliphatic hydroxyl groups is 1. The van der Waals surface area contributed by atoms with Gasteiger partial charge in [0.25, 0.3) is 0 Å². The van der Waals surface area contributed by atoms with Crippen molar-refractivity contribution in [2.75, 3.05) is 11.9 Å². The smallest absolute Gasteiger partial charge is 0.404 e. The Hall–Kier alpha value is -2.08. The molecule has 23 heavy (non-hydrogen) atoms. The minimum Gasteiger partial charge on any atom is -0.465 e. The Kier molecular flexibility index (Phi) is 6.40. The Morgan fingerprint density at radius 3 is 2.65 bits per heavy atom. The summed E-state index contributed by atoms with van der Waals surface area (Å²) >= 11 is 0. The van der Waals surface area contributed by atoms with Crippen LogP contribution in [0.15, 0.2) is 24.3 Å². The maximum Gasteiger partial charge on any atom is 0.404 e. The second-order valence-electron chi connectivity index (χ2n) is 5.99. The van der Waals surface area contributed by atoms with Gasteiger partial charge in [0, 0.05) is 18.2 Å². The average Bonchev–Trinajstić information content (AvgIpc) is 2.55. The second-order valence-corrected chi connectivity index (χ2v) is 5.99. The Morgan fingerprint density at radius 2 is 1.96 bits per heavy atom. The molecule has 0 aromatic heterocycles. The fourth-order valence-corrected chi connectivity index (χ4v) is 2.92. The van der Waals surface area contributed by atoms with Gasteiger partial charge in [-0.3, -0.25) is 4.79 Å². The third-order valence-corrected chi connectivity index (χ3v) is 4.21. The van der Waals surface area contributed by atoms with Crippen LogP contribution in [0.25, 0.3) is 0 Å². The van der Waals surface area contributed by atoms with E-state index in [2.05, 4.69) is 10.6 Å². The summed E-state index contributed by atoms with van der Waals surface area (Å²) in [5.41, 5.74) is 1.34. The third-order valence-electron chi connectivity index (χ3n) is 4.21.